The fourth-order valence-electron chi connectivity index (χ4n) is 2.74. The standard InChI is InChI=1S/C15H18ClNO3/c1-9(10-5-2-3-6-10)14(18)17-13-11(15(19)20)7-4-8-12(13)16/h4,7-10H,2-3,5-6H2,1H3,(H,17,18)(H,19,20). The number of halogens is 1. The van der Waals surface area contributed by atoms with Crippen LogP contribution in [0.2, 0.25) is 5.02 Å². The van der Waals surface area contributed by atoms with Crippen LogP contribution < -0.4 is 5.32 Å². The number of para-hydroxylation sites is 1. The number of carboxylic acid groups (broad SMARTS) is 1. The van der Waals surface area contributed by atoms with Gasteiger partial charge in [0.1, 0.15) is 0 Å². The van der Waals surface area contributed by atoms with Crippen molar-refractivity contribution in [2.75, 3.05) is 5.32 Å². The molecule has 2 rings (SSSR count). The zero-order valence-electron chi connectivity index (χ0n) is 11.4. The van der Waals surface area contributed by atoms with E-state index < -0.39 is 5.97 Å². The van der Waals surface area contributed by atoms with Crippen LogP contribution in [0.4, 0.5) is 5.69 Å². The minimum Gasteiger partial charge on any atom is -0.478 e. The highest BCUT2D eigenvalue weighted by atomic mass is 35.5. The van der Waals surface area contributed by atoms with Gasteiger partial charge in [0.05, 0.1) is 16.3 Å². The molecule has 1 unspecified atom stereocenters. The Hall–Kier alpha value is -1.55. The number of hydrogen-bond acceptors (Lipinski definition) is 2. The molecule has 1 atom stereocenters. The number of benzene rings is 1. The number of anilines is 1. The third kappa shape index (κ3) is 3.12. The fraction of sp³-hybridized carbons (Fsp3) is 0.467. The van der Waals surface area contributed by atoms with Crippen molar-refractivity contribution < 1.29 is 14.7 Å². The second kappa shape index (κ2) is 6.27. The van der Waals surface area contributed by atoms with Crippen LogP contribution >= 0.6 is 11.6 Å². The second-order valence-electron chi connectivity index (χ2n) is 5.29. The molecule has 5 heteroatoms. The van der Waals surface area contributed by atoms with Crippen LogP contribution in [0, 0.1) is 11.8 Å². The molecule has 1 aromatic rings. The van der Waals surface area contributed by atoms with Crippen LogP contribution in [0.3, 0.4) is 0 Å². The number of aromatic carboxylic acids is 1. The van der Waals surface area contributed by atoms with Crippen molar-refractivity contribution in [3.05, 3.63) is 28.8 Å². The molecule has 0 aromatic heterocycles. The predicted molar refractivity (Wildman–Crippen MR) is 78.2 cm³/mol. The van der Waals surface area contributed by atoms with Crippen molar-refractivity contribution in [1.29, 1.82) is 0 Å². The molecule has 0 aliphatic heterocycles. The summed E-state index contributed by atoms with van der Waals surface area (Å²) in [7, 11) is 0. The first-order chi connectivity index (χ1) is 9.50. The molecule has 0 heterocycles. The van der Waals surface area contributed by atoms with Gasteiger partial charge in [-0.15, -0.1) is 0 Å². The van der Waals surface area contributed by atoms with E-state index in [4.69, 9.17) is 16.7 Å². The lowest BCUT2D eigenvalue weighted by Crippen LogP contribution is -2.26. The maximum absolute atomic E-state index is 12.3. The molecule has 0 spiro atoms. The van der Waals surface area contributed by atoms with Crippen molar-refractivity contribution in [1.82, 2.24) is 0 Å². The molecule has 1 aliphatic carbocycles. The molecule has 2 N–H and O–H groups in total. The van der Waals surface area contributed by atoms with Gasteiger partial charge >= 0.3 is 5.97 Å². The van der Waals surface area contributed by atoms with Crippen LogP contribution in [0.25, 0.3) is 0 Å². The van der Waals surface area contributed by atoms with Crippen molar-refractivity contribution in [3.8, 4) is 0 Å². The van der Waals surface area contributed by atoms with Gasteiger partial charge in [-0.2, -0.15) is 0 Å². The summed E-state index contributed by atoms with van der Waals surface area (Å²) in [6, 6.07) is 4.57. The number of carbonyl (C=O) groups excluding carboxylic acids is 1. The number of amides is 1. The number of carboxylic acids is 1. The summed E-state index contributed by atoms with van der Waals surface area (Å²) < 4.78 is 0. The minimum absolute atomic E-state index is 0.0180. The first-order valence-corrected chi connectivity index (χ1v) is 7.21. The van der Waals surface area contributed by atoms with Gasteiger partial charge in [0.15, 0.2) is 0 Å². The van der Waals surface area contributed by atoms with Crippen LogP contribution in [-0.4, -0.2) is 17.0 Å². The zero-order chi connectivity index (χ0) is 14.7. The Morgan fingerprint density at radius 3 is 2.60 bits per heavy atom. The topological polar surface area (TPSA) is 66.4 Å². The molecule has 4 nitrogen and oxygen atoms in total. The molecule has 0 bridgehead atoms. The van der Waals surface area contributed by atoms with Gasteiger partial charge in [0.2, 0.25) is 5.91 Å². The van der Waals surface area contributed by atoms with Crippen LogP contribution in [-0.2, 0) is 4.79 Å². The van der Waals surface area contributed by atoms with E-state index in [1.807, 2.05) is 6.92 Å². The zero-order valence-corrected chi connectivity index (χ0v) is 12.1. The van der Waals surface area contributed by atoms with Crippen LogP contribution in [0.15, 0.2) is 18.2 Å². The Morgan fingerprint density at radius 2 is 2.00 bits per heavy atom. The summed E-state index contributed by atoms with van der Waals surface area (Å²) in [5.74, 6) is -1.01. The Balaban J connectivity index is 2.16. The summed E-state index contributed by atoms with van der Waals surface area (Å²) in [4.78, 5) is 23.4. The molecule has 108 valence electrons. The monoisotopic (exact) mass is 295 g/mol. The average molecular weight is 296 g/mol. The number of rotatable bonds is 4. The molecule has 0 saturated heterocycles. The van der Waals surface area contributed by atoms with Gasteiger partial charge in [-0.3, -0.25) is 4.79 Å². The smallest absolute Gasteiger partial charge is 0.337 e. The van der Waals surface area contributed by atoms with E-state index in [0.29, 0.717) is 5.92 Å². The molecule has 20 heavy (non-hydrogen) atoms. The van der Waals surface area contributed by atoms with Gasteiger partial charge in [0, 0.05) is 5.92 Å². The average Bonchev–Trinajstić information content (AvgIpc) is 2.93. The lowest BCUT2D eigenvalue weighted by Gasteiger charge is -2.19. The predicted octanol–water partition coefficient (Wildman–Crippen LogP) is 3.80. The van der Waals surface area contributed by atoms with Gasteiger partial charge in [-0.25, -0.2) is 4.79 Å². The van der Waals surface area contributed by atoms with E-state index in [0.717, 1.165) is 25.7 Å². The first kappa shape index (κ1) is 14.9. The Bertz CT molecular complexity index is 524. The van der Waals surface area contributed by atoms with Crippen molar-refractivity contribution >= 4 is 29.2 Å². The largest absolute Gasteiger partial charge is 0.478 e. The summed E-state index contributed by atoms with van der Waals surface area (Å²) in [6.45, 7) is 1.89. The molecule has 1 amide bonds. The number of hydrogen-bond donors (Lipinski definition) is 2. The van der Waals surface area contributed by atoms with Crippen LogP contribution in [0.1, 0.15) is 43.0 Å². The Morgan fingerprint density at radius 1 is 1.35 bits per heavy atom. The summed E-state index contributed by atoms with van der Waals surface area (Å²) in [5, 5.41) is 12.1. The van der Waals surface area contributed by atoms with E-state index in [-0.39, 0.29) is 28.1 Å². The number of carbonyl (C=O) groups is 2. The Labute approximate surface area is 123 Å². The summed E-state index contributed by atoms with van der Waals surface area (Å²) >= 11 is 6.00. The Kier molecular flexibility index (Phi) is 4.65. The third-order valence-electron chi connectivity index (χ3n) is 4.01. The second-order valence-corrected chi connectivity index (χ2v) is 5.70. The maximum Gasteiger partial charge on any atom is 0.337 e. The fourth-order valence-corrected chi connectivity index (χ4v) is 2.96. The van der Waals surface area contributed by atoms with Gasteiger partial charge < -0.3 is 10.4 Å². The molecular formula is C15H18ClNO3. The van der Waals surface area contributed by atoms with E-state index in [9.17, 15) is 9.59 Å². The van der Waals surface area contributed by atoms with Crippen molar-refractivity contribution in [2.45, 2.75) is 32.6 Å². The van der Waals surface area contributed by atoms with E-state index in [1.165, 1.54) is 6.07 Å². The van der Waals surface area contributed by atoms with E-state index in [1.54, 1.807) is 12.1 Å². The molecule has 1 aromatic carbocycles. The summed E-state index contributed by atoms with van der Waals surface area (Å²) in [5.41, 5.74) is 0.209. The van der Waals surface area contributed by atoms with Crippen LogP contribution in [0.5, 0.6) is 0 Å². The van der Waals surface area contributed by atoms with Crippen molar-refractivity contribution in [3.63, 3.8) is 0 Å². The van der Waals surface area contributed by atoms with Gasteiger partial charge in [-0.1, -0.05) is 37.4 Å². The molecule has 1 fully saturated rings. The van der Waals surface area contributed by atoms with Crippen molar-refractivity contribution in [2.24, 2.45) is 11.8 Å². The summed E-state index contributed by atoms with van der Waals surface area (Å²) in [6.07, 6.45) is 4.44. The molecular weight excluding hydrogens is 278 g/mol. The third-order valence-corrected chi connectivity index (χ3v) is 4.33. The van der Waals surface area contributed by atoms with E-state index >= 15 is 0 Å². The normalized spacial score (nSPS) is 16.9. The number of nitrogens with one attached hydrogen (secondary N) is 1. The lowest BCUT2D eigenvalue weighted by atomic mass is 9.92. The quantitative estimate of drug-likeness (QED) is 0.888. The highest BCUT2D eigenvalue weighted by Crippen LogP contribution is 2.33. The highest BCUT2D eigenvalue weighted by Gasteiger charge is 2.28. The SMILES string of the molecule is CC(C(=O)Nc1c(Cl)cccc1C(=O)O)C1CCCC1. The lowest BCUT2D eigenvalue weighted by molar-refractivity contribution is -0.120. The minimum atomic E-state index is -1.10. The maximum atomic E-state index is 12.3. The van der Waals surface area contributed by atoms with Gasteiger partial charge in [-0.05, 0) is 30.9 Å². The molecule has 1 aliphatic rings. The van der Waals surface area contributed by atoms with E-state index in [2.05, 4.69) is 5.32 Å². The molecule has 1 saturated carbocycles. The highest BCUT2D eigenvalue weighted by molar-refractivity contribution is 6.34. The van der Waals surface area contributed by atoms with Gasteiger partial charge in [0.25, 0.3) is 0 Å². The first-order valence-electron chi connectivity index (χ1n) is 6.83. The molecule has 0 radical (unpaired) electrons.